The number of hydrogen-bond acceptors (Lipinski definition) is 4. The van der Waals surface area contributed by atoms with Crippen LogP contribution >= 0.6 is 0 Å². The number of alkyl halides is 3. The number of likely N-dealkylation sites (tertiary alicyclic amines) is 1. The molecule has 1 aromatic heterocycles. The van der Waals surface area contributed by atoms with Crippen molar-refractivity contribution in [1.82, 2.24) is 14.7 Å². The second-order valence-electron chi connectivity index (χ2n) is 4.59. The normalized spacial score (nSPS) is 18.9. The Bertz CT molecular complexity index is 399. The fraction of sp³-hybridized carbons (Fsp3) is 0.727. The average Bonchev–Trinajstić information content (AvgIpc) is 2.75. The molecule has 0 unspecified atom stereocenters. The highest BCUT2D eigenvalue weighted by Gasteiger charge is 2.29. The van der Waals surface area contributed by atoms with Crippen molar-refractivity contribution >= 4 is 5.82 Å². The van der Waals surface area contributed by atoms with Crippen LogP contribution in [0.15, 0.2) is 12.3 Å². The SMILES string of the molecule is Nc1ccn(C2CCN(CCOC(F)(F)F)CC2)n1. The maximum Gasteiger partial charge on any atom is 0.522 e. The molecule has 1 aromatic rings. The van der Waals surface area contributed by atoms with Crippen molar-refractivity contribution in [3.63, 3.8) is 0 Å². The van der Waals surface area contributed by atoms with Gasteiger partial charge in [-0.25, -0.2) is 0 Å². The lowest BCUT2D eigenvalue weighted by molar-refractivity contribution is -0.325. The van der Waals surface area contributed by atoms with Gasteiger partial charge in [-0.05, 0) is 18.9 Å². The number of rotatable bonds is 4. The van der Waals surface area contributed by atoms with E-state index in [9.17, 15) is 13.2 Å². The molecule has 2 heterocycles. The molecule has 0 atom stereocenters. The van der Waals surface area contributed by atoms with E-state index in [1.54, 1.807) is 6.07 Å². The highest BCUT2D eigenvalue weighted by molar-refractivity contribution is 5.24. The van der Waals surface area contributed by atoms with Gasteiger partial charge in [0.1, 0.15) is 5.82 Å². The van der Waals surface area contributed by atoms with Crippen LogP contribution < -0.4 is 5.73 Å². The second kappa shape index (κ2) is 5.79. The highest BCUT2D eigenvalue weighted by atomic mass is 19.4. The molecule has 1 fully saturated rings. The van der Waals surface area contributed by atoms with Gasteiger partial charge >= 0.3 is 6.36 Å². The summed E-state index contributed by atoms with van der Waals surface area (Å²) >= 11 is 0. The zero-order chi connectivity index (χ0) is 13.9. The number of anilines is 1. The molecular formula is C11H17F3N4O. The van der Waals surface area contributed by atoms with Crippen LogP contribution in [0, 0.1) is 0 Å². The molecule has 0 saturated carbocycles. The van der Waals surface area contributed by atoms with Crippen molar-refractivity contribution in [2.45, 2.75) is 25.2 Å². The summed E-state index contributed by atoms with van der Waals surface area (Å²) in [6.07, 6.45) is -0.992. The van der Waals surface area contributed by atoms with Crippen LogP contribution in [0.5, 0.6) is 0 Å². The first-order valence-electron chi connectivity index (χ1n) is 6.18. The van der Waals surface area contributed by atoms with E-state index in [1.807, 2.05) is 15.8 Å². The van der Waals surface area contributed by atoms with Gasteiger partial charge in [0, 0.05) is 25.8 Å². The average molecular weight is 278 g/mol. The monoisotopic (exact) mass is 278 g/mol. The highest BCUT2D eigenvalue weighted by Crippen LogP contribution is 2.22. The third-order valence-electron chi connectivity index (χ3n) is 3.23. The number of nitrogen functional groups attached to an aromatic ring is 1. The Morgan fingerprint density at radius 2 is 2.05 bits per heavy atom. The van der Waals surface area contributed by atoms with Crippen molar-refractivity contribution < 1.29 is 17.9 Å². The molecule has 0 radical (unpaired) electrons. The minimum Gasteiger partial charge on any atom is -0.382 e. The van der Waals surface area contributed by atoms with E-state index < -0.39 is 6.36 Å². The summed E-state index contributed by atoms with van der Waals surface area (Å²) < 4.78 is 41.1. The fourth-order valence-electron chi connectivity index (χ4n) is 2.25. The lowest BCUT2D eigenvalue weighted by atomic mass is 10.1. The topological polar surface area (TPSA) is 56.3 Å². The van der Waals surface area contributed by atoms with Gasteiger partial charge in [0.2, 0.25) is 0 Å². The second-order valence-corrected chi connectivity index (χ2v) is 4.59. The van der Waals surface area contributed by atoms with Crippen molar-refractivity contribution in [3.8, 4) is 0 Å². The summed E-state index contributed by atoms with van der Waals surface area (Å²) in [5, 5.41) is 4.16. The van der Waals surface area contributed by atoms with E-state index in [0.717, 1.165) is 25.9 Å². The summed E-state index contributed by atoms with van der Waals surface area (Å²) in [4.78, 5) is 1.97. The maximum atomic E-state index is 11.8. The number of ether oxygens (including phenoxy) is 1. The van der Waals surface area contributed by atoms with Crippen molar-refractivity contribution in [3.05, 3.63) is 12.3 Å². The number of aromatic nitrogens is 2. The van der Waals surface area contributed by atoms with E-state index in [4.69, 9.17) is 5.73 Å². The number of hydrogen-bond donors (Lipinski definition) is 1. The van der Waals surface area contributed by atoms with E-state index in [-0.39, 0.29) is 12.6 Å². The molecule has 0 bridgehead atoms. The minimum atomic E-state index is -4.54. The zero-order valence-corrected chi connectivity index (χ0v) is 10.4. The van der Waals surface area contributed by atoms with Crippen LogP contribution in [0.4, 0.5) is 19.0 Å². The first-order valence-corrected chi connectivity index (χ1v) is 6.18. The molecule has 0 aromatic carbocycles. The molecule has 8 heteroatoms. The Kier molecular flexibility index (Phi) is 4.31. The molecule has 2 N–H and O–H groups in total. The maximum absolute atomic E-state index is 11.8. The molecule has 19 heavy (non-hydrogen) atoms. The van der Waals surface area contributed by atoms with Gasteiger partial charge in [-0.3, -0.25) is 9.42 Å². The molecular weight excluding hydrogens is 261 g/mol. The Balaban J connectivity index is 1.71. The van der Waals surface area contributed by atoms with E-state index >= 15 is 0 Å². The van der Waals surface area contributed by atoms with Gasteiger partial charge in [0.25, 0.3) is 0 Å². The molecule has 1 saturated heterocycles. The van der Waals surface area contributed by atoms with Crippen molar-refractivity contribution in [1.29, 1.82) is 0 Å². The standard InChI is InChI=1S/C11H17F3N4O/c12-11(13,14)19-8-7-17-4-1-9(2-5-17)18-6-3-10(15)16-18/h3,6,9H,1-2,4-5,7-8H2,(H2,15,16). The molecule has 5 nitrogen and oxygen atoms in total. The predicted molar refractivity (Wildman–Crippen MR) is 63.4 cm³/mol. The van der Waals surface area contributed by atoms with Crippen LogP contribution in [-0.2, 0) is 4.74 Å². The molecule has 1 aliphatic heterocycles. The van der Waals surface area contributed by atoms with Crippen LogP contribution in [0.3, 0.4) is 0 Å². The molecule has 0 aliphatic carbocycles. The number of nitrogens with zero attached hydrogens (tertiary/aromatic N) is 3. The first-order chi connectivity index (χ1) is 8.94. The Hall–Kier alpha value is -1.28. The first kappa shape index (κ1) is 14.1. The number of halogens is 3. The third-order valence-corrected chi connectivity index (χ3v) is 3.23. The van der Waals surface area contributed by atoms with Crippen LogP contribution in [0.25, 0.3) is 0 Å². The Labute approximate surface area is 109 Å². The Morgan fingerprint density at radius 3 is 2.58 bits per heavy atom. The molecule has 1 aliphatic rings. The van der Waals surface area contributed by atoms with Gasteiger partial charge < -0.3 is 10.6 Å². The van der Waals surface area contributed by atoms with E-state index in [0.29, 0.717) is 12.4 Å². The van der Waals surface area contributed by atoms with Gasteiger partial charge in [-0.2, -0.15) is 5.10 Å². The Morgan fingerprint density at radius 1 is 1.37 bits per heavy atom. The van der Waals surface area contributed by atoms with Gasteiger partial charge in [0.15, 0.2) is 0 Å². The van der Waals surface area contributed by atoms with Gasteiger partial charge in [-0.15, -0.1) is 13.2 Å². The van der Waals surface area contributed by atoms with E-state index in [2.05, 4.69) is 9.84 Å². The predicted octanol–water partition coefficient (Wildman–Crippen LogP) is 1.64. The summed E-state index contributed by atoms with van der Waals surface area (Å²) in [6, 6.07) is 2.01. The number of nitrogens with two attached hydrogens (primary N) is 1. The summed E-state index contributed by atoms with van der Waals surface area (Å²) in [7, 11) is 0. The molecule has 0 spiro atoms. The summed E-state index contributed by atoms with van der Waals surface area (Å²) in [6.45, 7) is 1.47. The number of piperidine rings is 1. The molecule has 0 amide bonds. The third kappa shape index (κ3) is 4.39. The molecule has 2 rings (SSSR count). The lowest BCUT2D eigenvalue weighted by Crippen LogP contribution is -2.37. The fourth-order valence-corrected chi connectivity index (χ4v) is 2.25. The summed E-state index contributed by atoms with van der Waals surface area (Å²) in [5.74, 6) is 0.487. The zero-order valence-electron chi connectivity index (χ0n) is 10.4. The quantitative estimate of drug-likeness (QED) is 0.909. The summed E-state index contributed by atoms with van der Waals surface area (Å²) in [5.41, 5.74) is 5.55. The lowest BCUT2D eigenvalue weighted by Gasteiger charge is -2.31. The smallest absolute Gasteiger partial charge is 0.382 e. The largest absolute Gasteiger partial charge is 0.522 e. The van der Waals surface area contributed by atoms with E-state index in [1.165, 1.54) is 0 Å². The van der Waals surface area contributed by atoms with Crippen LogP contribution in [0.2, 0.25) is 0 Å². The van der Waals surface area contributed by atoms with Crippen LogP contribution in [-0.4, -0.2) is 47.3 Å². The van der Waals surface area contributed by atoms with Crippen molar-refractivity contribution in [2.24, 2.45) is 0 Å². The van der Waals surface area contributed by atoms with Gasteiger partial charge in [-0.1, -0.05) is 0 Å². The van der Waals surface area contributed by atoms with Gasteiger partial charge in [0.05, 0.1) is 12.6 Å². The molecule has 108 valence electrons. The van der Waals surface area contributed by atoms with Crippen molar-refractivity contribution in [2.75, 3.05) is 32.0 Å². The minimum absolute atomic E-state index is 0.275. The van der Waals surface area contributed by atoms with Crippen LogP contribution in [0.1, 0.15) is 18.9 Å².